The highest BCUT2D eigenvalue weighted by Crippen LogP contribution is 2.38. The number of ether oxygens (including phenoxy) is 4. The van der Waals surface area contributed by atoms with Crippen LogP contribution in [0.1, 0.15) is 112 Å². The van der Waals surface area contributed by atoms with E-state index in [-0.39, 0.29) is 54.4 Å². The molecule has 0 aromatic heterocycles. The lowest BCUT2D eigenvalue weighted by Crippen LogP contribution is -2.45. The quantitative estimate of drug-likeness (QED) is 0.0441. The summed E-state index contributed by atoms with van der Waals surface area (Å²) < 4.78 is 30.5. The minimum absolute atomic E-state index is 0.0316. The lowest BCUT2D eigenvalue weighted by atomic mass is 9.88. The van der Waals surface area contributed by atoms with Gasteiger partial charge < -0.3 is 28.5 Å². The molecule has 1 aromatic carbocycles. The van der Waals surface area contributed by atoms with E-state index < -0.39 is 38.2 Å². The van der Waals surface area contributed by atoms with Gasteiger partial charge in [-0.1, -0.05) is 91.0 Å². The summed E-state index contributed by atoms with van der Waals surface area (Å²) in [6.07, 6.45) is 10.1. The van der Waals surface area contributed by atoms with Crippen LogP contribution >= 0.6 is 0 Å². The third kappa shape index (κ3) is 13.3. The van der Waals surface area contributed by atoms with Crippen molar-refractivity contribution in [1.29, 1.82) is 0 Å². The summed E-state index contributed by atoms with van der Waals surface area (Å²) in [5.74, 6) is -1.11. The zero-order valence-corrected chi connectivity index (χ0v) is 34.8. The van der Waals surface area contributed by atoms with Gasteiger partial charge in [0.1, 0.15) is 23.9 Å². The van der Waals surface area contributed by atoms with Crippen LogP contribution in [0, 0.1) is 17.8 Å². The molecule has 10 unspecified atom stereocenters. The molecule has 0 spiro atoms. The molecule has 2 aliphatic rings. The van der Waals surface area contributed by atoms with Crippen molar-refractivity contribution in [1.82, 2.24) is 0 Å². The number of hydrogen-bond acceptors (Lipinski definition) is 9. The van der Waals surface area contributed by atoms with Crippen molar-refractivity contribution in [3.05, 3.63) is 71.8 Å². The van der Waals surface area contributed by atoms with Crippen LogP contribution < -0.4 is 0 Å². The Morgan fingerprint density at radius 3 is 2.32 bits per heavy atom. The van der Waals surface area contributed by atoms with Crippen LogP contribution in [0.4, 0.5) is 0 Å². The zero-order valence-electron chi connectivity index (χ0n) is 33.8. The maximum atomic E-state index is 13.6. The van der Waals surface area contributed by atoms with E-state index in [0.717, 1.165) is 30.1 Å². The smallest absolute Gasteiger partial charge is 0.338 e. The number of cyclic esters (lactones) is 1. The molecule has 2 heterocycles. The van der Waals surface area contributed by atoms with E-state index in [1.807, 2.05) is 57.2 Å². The van der Waals surface area contributed by atoms with Crippen LogP contribution in [0.25, 0.3) is 0 Å². The first-order chi connectivity index (χ1) is 25.1. The molecule has 0 amide bonds. The Labute approximate surface area is 319 Å². The fourth-order valence-corrected chi connectivity index (χ4v) is 10.3. The molecule has 1 N–H and O–H groups in total. The Morgan fingerprint density at radius 1 is 1.06 bits per heavy atom. The molecule has 0 saturated carbocycles. The van der Waals surface area contributed by atoms with Crippen molar-refractivity contribution >= 4 is 26.2 Å². The minimum atomic E-state index is -2.08. The van der Waals surface area contributed by atoms with E-state index in [4.69, 9.17) is 23.4 Å². The third-order valence-corrected chi connectivity index (χ3v) is 15.9. The molecule has 1 fully saturated rings. The van der Waals surface area contributed by atoms with Crippen molar-refractivity contribution in [3.8, 4) is 0 Å². The van der Waals surface area contributed by atoms with E-state index in [2.05, 4.69) is 40.7 Å². The van der Waals surface area contributed by atoms with E-state index in [1.54, 1.807) is 25.1 Å². The Kier molecular flexibility index (Phi) is 17.2. The lowest BCUT2D eigenvalue weighted by Gasteiger charge is -2.36. The predicted molar refractivity (Wildman–Crippen MR) is 211 cm³/mol. The number of benzene rings is 1. The highest BCUT2D eigenvalue weighted by atomic mass is 28.4. The molecule has 0 aliphatic carbocycles. The Morgan fingerprint density at radius 2 is 1.72 bits per heavy atom. The van der Waals surface area contributed by atoms with Gasteiger partial charge in [0.2, 0.25) is 0 Å². The summed E-state index contributed by atoms with van der Waals surface area (Å²) in [6.45, 7) is 19.6. The molecule has 1 aromatic rings. The van der Waals surface area contributed by atoms with Gasteiger partial charge >= 0.3 is 17.9 Å². The van der Waals surface area contributed by atoms with Crippen molar-refractivity contribution in [2.75, 3.05) is 0 Å². The Hall–Kier alpha value is -3.05. The lowest BCUT2D eigenvalue weighted by molar-refractivity contribution is -0.157. The molecular weight excluding hydrogens is 689 g/mol. The average molecular weight is 755 g/mol. The maximum absolute atomic E-state index is 13.6. The largest absolute Gasteiger partial charge is 0.458 e. The van der Waals surface area contributed by atoms with E-state index >= 15 is 0 Å². The molecule has 1 saturated heterocycles. The van der Waals surface area contributed by atoms with E-state index in [0.29, 0.717) is 24.8 Å². The summed E-state index contributed by atoms with van der Waals surface area (Å²) in [4.78, 5) is 38.3. The number of carbonyl (C=O) groups excluding carboxylic acids is 3. The molecule has 9 nitrogen and oxygen atoms in total. The van der Waals surface area contributed by atoms with Gasteiger partial charge in [-0.05, 0) is 87.4 Å². The van der Waals surface area contributed by atoms with Gasteiger partial charge in [0.05, 0.1) is 30.3 Å². The molecule has 0 bridgehead atoms. The third-order valence-electron chi connectivity index (χ3n) is 11.2. The summed E-state index contributed by atoms with van der Waals surface area (Å²) >= 11 is 0. The number of esters is 3. The zero-order chi connectivity index (χ0) is 39.3. The van der Waals surface area contributed by atoms with Gasteiger partial charge in [-0.25, -0.2) is 4.79 Å². The maximum Gasteiger partial charge on any atom is 0.338 e. The van der Waals surface area contributed by atoms with Crippen LogP contribution in [0.2, 0.25) is 18.1 Å². The monoisotopic (exact) mass is 754 g/mol. The summed E-state index contributed by atoms with van der Waals surface area (Å²) in [7, 11) is -2.08. The van der Waals surface area contributed by atoms with Crippen molar-refractivity contribution in [2.24, 2.45) is 17.8 Å². The molecule has 2 aliphatic heterocycles. The van der Waals surface area contributed by atoms with Crippen molar-refractivity contribution in [3.63, 3.8) is 0 Å². The number of epoxide rings is 1. The topological polar surface area (TPSA) is 121 Å². The molecule has 296 valence electrons. The average Bonchev–Trinajstić information content (AvgIpc) is 3.90. The summed E-state index contributed by atoms with van der Waals surface area (Å²) in [5, 5.41) is 11.5. The number of aliphatic hydroxyl groups is 1. The highest BCUT2D eigenvalue weighted by Gasteiger charge is 2.46. The Bertz CT molecular complexity index is 1410. The number of allylic oxidation sites excluding steroid dienone is 3. The molecule has 0 radical (unpaired) electrons. The molecule has 3 rings (SSSR count). The molecule has 53 heavy (non-hydrogen) atoms. The molecular formula is C43H66O9Si. The summed E-state index contributed by atoms with van der Waals surface area (Å²) in [6, 6.07) is 11.9. The first-order valence-electron chi connectivity index (χ1n) is 19.8. The van der Waals surface area contributed by atoms with Gasteiger partial charge in [0.25, 0.3) is 0 Å². The van der Waals surface area contributed by atoms with Crippen molar-refractivity contribution in [2.45, 2.75) is 162 Å². The second-order valence-electron chi connectivity index (χ2n) is 15.5. The number of carbonyl (C=O) groups is 3. The van der Waals surface area contributed by atoms with Crippen LogP contribution in [-0.4, -0.2) is 73.6 Å². The second kappa shape index (κ2) is 20.6. The second-order valence-corrected chi connectivity index (χ2v) is 20.2. The van der Waals surface area contributed by atoms with Gasteiger partial charge in [0, 0.05) is 18.8 Å². The van der Waals surface area contributed by atoms with Gasteiger partial charge in [-0.3, -0.25) is 9.59 Å². The minimum Gasteiger partial charge on any atom is -0.458 e. The van der Waals surface area contributed by atoms with E-state index in [1.165, 1.54) is 6.92 Å². The first-order valence-corrected chi connectivity index (χ1v) is 22.3. The van der Waals surface area contributed by atoms with Crippen LogP contribution in [-0.2, 0) is 33.0 Å². The summed E-state index contributed by atoms with van der Waals surface area (Å²) in [5.41, 5.74) is 0.0577. The van der Waals surface area contributed by atoms with Crippen molar-refractivity contribution < 1.29 is 42.9 Å². The van der Waals surface area contributed by atoms with Crippen LogP contribution in [0.15, 0.2) is 66.3 Å². The first kappa shape index (κ1) is 44.3. The Balaban J connectivity index is 1.72. The van der Waals surface area contributed by atoms with Crippen LogP contribution in [0.3, 0.4) is 0 Å². The van der Waals surface area contributed by atoms with Gasteiger partial charge in [-0.15, -0.1) is 0 Å². The van der Waals surface area contributed by atoms with Gasteiger partial charge in [-0.2, -0.15) is 0 Å². The highest BCUT2D eigenvalue weighted by molar-refractivity contribution is 6.73. The van der Waals surface area contributed by atoms with E-state index in [9.17, 15) is 19.5 Å². The standard InChI is InChI=1S/C43H66O9Si/c1-11-36(50-42(46)34-21-16-15-17-22-34)32(8)41-37(49-41)27-29(5)19-18-20-30(6)40-31(7)23-24-38(48-33(9)44)43(10,47)26-25-35(28-39(45)51-40)52-53(12-2,13-3)14-4/h15-24,29,31-32,35-38,40-41,47H,11-14,25-28H2,1-10H3/b19-18+,24-23+,30-20+. The predicted octanol–water partition coefficient (Wildman–Crippen LogP) is 8.92. The molecule has 10 atom stereocenters. The molecule has 10 heteroatoms. The number of rotatable bonds is 16. The van der Waals surface area contributed by atoms with Gasteiger partial charge in [0.15, 0.2) is 8.32 Å². The fourth-order valence-electron chi connectivity index (χ4n) is 7.37. The van der Waals surface area contributed by atoms with Crippen LogP contribution in [0.5, 0.6) is 0 Å². The number of hydrogen-bond donors (Lipinski definition) is 1. The normalized spacial score (nSPS) is 29.6. The SMILES string of the molecule is CCC(OC(=O)c1ccccc1)C(C)C1OC1CC(C)/C=C/C=C(\C)C1OC(=O)CC(O[Si](CC)(CC)CC)CCC(C)(O)C(OC(C)=O)/C=C/C1C. The fraction of sp³-hybridized carbons (Fsp3) is 0.651.